The van der Waals surface area contributed by atoms with E-state index in [1.165, 1.54) is 64.2 Å². The van der Waals surface area contributed by atoms with Crippen molar-refractivity contribution in [1.29, 1.82) is 0 Å². The van der Waals surface area contributed by atoms with E-state index in [4.69, 9.17) is 23.7 Å². The summed E-state index contributed by atoms with van der Waals surface area (Å²) in [5.41, 5.74) is 0.960. The zero-order chi connectivity index (χ0) is 35.7. The Morgan fingerprint density at radius 2 is 1.40 bits per heavy atom. The van der Waals surface area contributed by atoms with Crippen LogP contribution in [-0.2, 0) is 38.1 Å². The summed E-state index contributed by atoms with van der Waals surface area (Å²) in [6, 6.07) is 0. The van der Waals surface area contributed by atoms with Gasteiger partial charge in [-0.15, -0.1) is 0 Å². The molecule has 0 spiro atoms. The number of allylic oxidation sites excluding steroid dienone is 2. The van der Waals surface area contributed by atoms with Crippen LogP contribution >= 0.6 is 0 Å². The maximum Gasteiger partial charge on any atom is 0.534 e. The van der Waals surface area contributed by atoms with E-state index in [1.807, 2.05) is 0 Å². The average Bonchev–Trinajstić information content (AvgIpc) is 3.60. The van der Waals surface area contributed by atoms with Crippen molar-refractivity contribution in [3.63, 3.8) is 0 Å². The van der Waals surface area contributed by atoms with Gasteiger partial charge in [-0.1, -0.05) is 58.9 Å². The predicted molar refractivity (Wildman–Crippen MR) is 188 cm³/mol. The highest BCUT2D eigenvalue weighted by molar-refractivity contribution is 6.01. The Kier molecular flexibility index (Phi) is 14.1. The molecule has 2 amide bonds. The minimum atomic E-state index is -1.11. The molecule has 1 aliphatic heterocycles. The Balaban J connectivity index is 0.913. The van der Waals surface area contributed by atoms with Crippen LogP contribution in [-0.4, -0.2) is 75.9 Å². The number of imide groups is 1. The smallest absolute Gasteiger partial charge is 0.496 e. The topological polar surface area (TPSA) is 110 Å². The Hall–Kier alpha value is -2.17. The van der Waals surface area contributed by atoms with Crippen molar-refractivity contribution in [3.8, 4) is 0 Å². The van der Waals surface area contributed by atoms with Gasteiger partial charge in [0.1, 0.15) is 13.2 Å². The minimum Gasteiger partial charge on any atom is -0.496 e. The molecule has 10 heteroatoms. The van der Waals surface area contributed by atoms with Crippen LogP contribution in [0.1, 0.15) is 118 Å². The molecule has 50 heavy (non-hydrogen) atoms. The number of hydroxylamine groups is 2. The highest BCUT2D eigenvalue weighted by atomic mass is 16.8. The van der Waals surface area contributed by atoms with Crippen molar-refractivity contribution in [2.75, 3.05) is 52.9 Å². The van der Waals surface area contributed by atoms with Crippen molar-refractivity contribution < 1.29 is 42.9 Å². The Bertz CT molecular complexity index is 1160. The van der Waals surface area contributed by atoms with E-state index >= 15 is 0 Å². The highest BCUT2D eigenvalue weighted by Crippen LogP contribution is 2.68. The summed E-state index contributed by atoms with van der Waals surface area (Å²) in [6.07, 6.45) is 16.4. The molecule has 284 valence electrons. The molecule has 8 unspecified atom stereocenters. The largest absolute Gasteiger partial charge is 0.534 e. The summed E-state index contributed by atoms with van der Waals surface area (Å²) in [5.74, 6) is 5.99. The van der Waals surface area contributed by atoms with Crippen LogP contribution < -0.4 is 0 Å². The minimum absolute atomic E-state index is 0.0336. The lowest BCUT2D eigenvalue weighted by Crippen LogP contribution is -2.52. The van der Waals surface area contributed by atoms with Gasteiger partial charge in [0.2, 0.25) is 0 Å². The van der Waals surface area contributed by atoms with Crippen molar-refractivity contribution in [3.05, 3.63) is 11.8 Å². The summed E-state index contributed by atoms with van der Waals surface area (Å²) in [7, 11) is 0. The van der Waals surface area contributed by atoms with Gasteiger partial charge in [0.15, 0.2) is 0 Å². The zero-order valence-corrected chi connectivity index (χ0v) is 31.6. The maximum absolute atomic E-state index is 11.6. The second-order valence-corrected chi connectivity index (χ2v) is 16.7. The Morgan fingerprint density at radius 1 is 0.760 bits per heavy atom. The highest BCUT2D eigenvalue weighted by Gasteiger charge is 2.60. The first-order valence-corrected chi connectivity index (χ1v) is 19.8. The fourth-order valence-electron chi connectivity index (χ4n) is 10.7. The van der Waals surface area contributed by atoms with Gasteiger partial charge >= 0.3 is 6.16 Å². The van der Waals surface area contributed by atoms with Gasteiger partial charge in [-0.25, -0.2) is 4.79 Å². The van der Waals surface area contributed by atoms with Crippen LogP contribution in [0.5, 0.6) is 0 Å². The second-order valence-electron chi connectivity index (χ2n) is 16.7. The van der Waals surface area contributed by atoms with Gasteiger partial charge in [-0.3, -0.25) is 14.4 Å². The van der Waals surface area contributed by atoms with Crippen molar-refractivity contribution in [2.45, 2.75) is 118 Å². The molecule has 0 N–H and O–H groups in total. The molecular weight excluding hydrogens is 638 g/mol. The zero-order valence-electron chi connectivity index (χ0n) is 31.6. The molecule has 4 aliphatic carbocycles. The van der Waals surface area contributed by atoms with Crippen LogP contribution in [0.15, 0.2) is 11.8 Å². The van der Waals surface area contributed by atoms with E-state index in [9.17, 15) is 14.4 Å². The van der Waals surface area contributed by atoms with Crippen molar-refractivity contribution in [1.82, 2.24) is 5.06 Å². The van der Waals surface area contributed by atoms with E-state index < -0.39 is 18.0 Å². The number of carbonyl (C=O) groups excluding carboxylic acids is 3. The molecule has 8 atom stereocenters. The van der Waals surface area contributed by atoms with Gasteiger partial charge in [0.05, 0.1) is 45.4 Å². The monoisotopic (exact) mass is 703 g/mol. The third-order valence-corrected chi connectivity index (χ3v) is 13.3. The quantitative estimate of drug-likeness (QED) is 0.0754. The van der Waals surface area contributed by atoms with Gasteiger partial charge in [0, 0.05) is 19.3 Å². The number of fused-ring (bicyclic) bond motifs is 5. The summed E-state index contributed by atoms with van der Waals surface area (Å²) in [6.45, 7) is 15.4. The molecule has 10 nitrogen and oxygen atoms in total. The van der Waals surface area contributed by atoms with Gasteiger partial charge < -0.3 is 23.7 Å². The van der Waals surface area contributed by atoms with E-state index in [-0.39, 0.29) is 26.1 Å². The second kappa shape index (κ2) is 18.0. The third-order valence-electron chi connectivity index (χ3n) is 13.3. The molecule has 0 aromatic carbocycles. The van der Waals surface area contributed by atoms with Gasteiger partial charge in [0.25, 0.3) is 11.8 Å². The molecule has 0 radical (unpaired) electrons. The number of hydrogen-bond donors (Lipinski definition) is 0. The average molecular weight is 704 g/mol. The normalized spacial score (nSPS) is 32.7. The number of ether oxygens (including phenoxy) is 5. The van der Waals surface area contributed by atoms with E-state index in [1.54, 1.807) is 0 Å². The summed E-state index contributed by atoms with van der Waals surface area (Å²) < 4.78 is 27.7. The number of carbonyl (C=O) groups is 3. The first kappa shape index (κ1) is 39.0. The Labute approximate surface area is 300 Å². The molecule has 0 aromatic heterocycles. The summed E-state index contributed by atoms with van der Waals surface area (Å²) >= 11 is 0. The van der Waals surface area contributed by atoms with Crippen molar-refractivity contribution in [2.24, 2.45) is 52.3 Å². The lowest BCUT2D eigenvalue weighted by molar-refractivity contribution is -0.177. The molecule has 5 aliphatic rings. The fourth-order valence-corrected chi connectivity index (χ4v) is 10.7. The number of amides is 2. The number of rotatable bonds is 19. The van der Waals surface area contributed by atoms with Gasteiger partial charge in [-0.05, 0) is 103 Å². The molecule has 0 bridgehead atoms. The van der Waals surface area contributed by atoms with Crippen molar-refractivity contribution >= 4 is 18.0 Å². The van der Waals surface area contributed by atoms with Crippen LogP contribution in [0.2, 0.25) is 0 Å². The SMILES string of the molecule is CC(C)CCCC(C)C1CCC2C3CCC4C=C(OCCOCCOCCOCCOC(=O)ON5C(=O)CCC5=O)CCC4(C)C3CCC12C. The number of hydrogen-bond acceptors (Lipinski definition) is 9. The molecule has 1 heterocycles. The molecule has 0 aromatic rings. The van der Waals surface area contributed by atoms with Crippen LogP contribution in [0, 0.1) is 52.3 Å². The molecule has 5 rings (SSSR count). The molecule has 4 fully saturated rings. The van der Waals surface area contributed by atoms with Crippen LogP contribution in [0.4, 0.5) is 4.79 Å². The predicted octanol–water partition coefficient (Wildman–Crippen LogP) is 7.89. The standard InChI is InChI=1S/C40H65NO9/c1-28(2)7-6-8-29(3)33-11-12-34-32-10-9-30-27-31(15-17-39(30,4)35(32)16-18-40(33,34)5)48-25-23-46-21-19-45-20-22-47-24-26-49-38(44)50-41-36(42)13-14-37(41)43/h27-30,32-35H,6-26H2,1-5H3. The van der Waals surface area contributed by atoms with E-state index in [0.29, 0.717) is 61.5 Å². The van der Waals surface area contributed by atoms with Gasteiger partial charge in [-0.2, -0.15) is 0 Å². The lowest BCUT2D eigenvalue weighted by Gasteiger charge is -2.60. The van der Waals surface area contributed by atoms with Crippen LogP contribution in [0.25, 0.3) is 0 Å². The van der Waals surface area contributed by atoms with Crippen LogP contribution in [0.3, 0.4) is 0 Å². The number of nitrogens with zero attached hydrogens (tertiary/aromatic N) is 1. The molecule has 1 saturated heterocycles. The lowest BCUT2D eigenvalue weighted by atomic mass is 9.45. The Morgan fingerprint density at radius 3 is 2.08 bits per heavy atom. The molecule has 3 saturated carbocycles. The first-order valence-electron chi connectivity index (χ1n) is 19.8. The first-order chi connectivity index (χ1) is 24.0. The third kappa shape index (κ3) is 9.43. The molecular formula is C40H65NO9. The summed E-state index contributed by atoms with van der Waals surface area (Å²) in [5, 5.41) is 0.446. The fraction of sp³-hybridized carbons (Fsp3) is 0.875. The van der Waals surface area contributed by atoms with E-state index in [2.05, 4.69) is 45.5 Å². The van der Waals surface area contributed by atoms with E-state index in [0.717, 1.165) is 47.7 Å². The summed E-state index contributed by atoms with van der Waals surface area (Å²) in [4.78, 5) is 39.1. The maximum atomic E-state index is 11.6.